The first kappa shape index (κ1) is 20.2. The summed E-state index contributed by atoms with van der Waals surface area (Å²) in [4.78, 5) is 32.7. The van der Waals surface area contributed by atoms with E-state index in [1.165, 1.54) is 13.2 Å². The Labute approximate surface area is 181 Å². The minimum Gasteiger partial charge on any atom is -0.399 e. The van der Waals surface area contributed by atoms with E-state index in [0.717, 1.165) is 30.1 Å². The Morgan fingerprint density at radius 1 is 1.32 bits per heavy atom. The third kappa shape index (κ3) is 3.16. The number of rotatable bonds is 4. The molecule has 3 aromatic rings. The molecular weight excluding hydrogens is 421 g/mol. The summed E-state index contributed by atoms with van der Waals surface area (Å²) in [6, 6.07) is 3.19. The smallest absolute Gasteiger partial charge is 0.271 e. The summed E-state index contributed by atoms with van der Waals surface area (Å²) in [5, 5.41) is 4.47. The van der Waals surface area contributed by atoms with Crippen LogP contribution in [0.15, 0.2) is 26.9 Å². The highest BCUT2D eigenvalue weighted by Gasteiger charge is 2.39. The summed E-state index contributed by atoms with van der Waals surface area (Å²) in [5.74, 6) is -0.615. The fraction of sp³-hybridized carbons (Fsp3) is 0.476. The molecule has 0 amide bonds. The number of fused-ring (bicyclic) bond motifs is 2. The molecule has 3 N–H and O–H groups in total. The molecule has 2 fully saturated rings. The Kier molecular flexibility index (Phi) is 4.49. The van der Waals surface area contributed by atoms with E-state index in [-0.39, 0.29) is 22.7 Å². The molecule has 8 nitrogen and oxygen atoms in total. The maximum Gasteiger partial charge on any atom is 0.271 e. The minimum atomic E-state index is -0.557. The molecule has 0 bridgehead atoms. The second-order valence-electron chi connectivity index (χ2n) is 8.98. The number of oxime groups is 1. The zero-order valence-corrected chi connectivity index (χ0v) is 18.4. The molecule has 31 heavy (non-hydrogen) atoms. The van der Waals surface area contributed by atoms with Crippen LogP contribution >= 0.6 is 11.5 Å². The van der Waals surface area contributed by atoms with E-state index in [0.29, 0.717) is 29.1 Å². The van der Waals surface area contributed by atoms with Gasteiger partial charge in [-0.25, -0.2) is 4.39 Å². The van der Waals surface area contributed by atoms with Crippen molar-refractivity contribution in [1.29, 1.82) is 0 Å². The number of H-pyrrole nitrogens is 1. The van der Waals surface area contributed by atoms with E-state index in [1.807, 2.05) is 23.3 Å². The Morgan fingerprint density at radius 2 is 2.06 bits per heavy atom. The van der Waals surface area contributed by atoms with Gasteiger partial charge in [-0.1, -0.05) is 5.16 Å². The van der Waals surface area contributed by atoms with Crippen LogP contribution in [0.2, 0.25) is 0 Å². The van der Waals surface area contributed by atoms with Crippen LogP contribution in [0.5, 0.6) is 0 Å². The molecule has 1 atom stereocenters. The van der Waals surface area contributed by atoms with Gasteiger partial charge in [0.05, 0.1) is 23.5 Å². The molecule has 10 heteroatoms. The molecule has 1 aliphatic heterocycles. The quantitative estimate of drug-likeness (QED) is 0.601. The molecule has 5 rings (SSSR count). The number of aromatic nitrogens is 2. The summed E-state index contributed by atoms with van der Waals surface area (Å²) in [7, 11) is 1.48. The van der Waals surface area contributed by atoms with Gasteiger partial charge in [-0.3, -0.25) is 14.0 Å². The molecule has 1 saturated carbocycles. The fourth-order valence-corrected chi connectivity index (χ4v) is 5.46. The lowest BCUT2D eigenvalue weighted by molar-refractivity contribution is 0.209. The van der Waals surface area contributed by atoms with Crippen LogP contribution in [-0.4, -0.2) is 40.4 Å². The van der Waals surface area contributed by atoms with Gasteiger partial charge in [0.15, 0.2) is 0 Å². The Hall–Kier alpha value is -2.72. The van der Waals surface area contributed by atoms with Gasteiger partial charge in [-0.15, -0.1) is 0 Å². The molecule has 2 aromatic heterocycles. The number of hydrogen-bond donors (Lipinski definition) is 2. The lowest BCUT2D eigenvalue weighted by atomic mass is 9.87. The maximum atomic E-state index is 15.3. The van der Waals surface area contributed by atoms with E-state index >= 15 is 4.39 Å². The van der Waals surface area contributed by atoms with Crippen LogP contribution in [0.4, 0.5) is 10.1 Å². The third-order valence-electron chi connectivity index (χ3n) is 6.21. The first-order chi connectivity index (χ1) is 14.7. The summed E-state index contributed by atoms with van der Waals surface area (Å²) >= 11 is 1.16. The molecule has 0 radical (unpaired) electrons. The number of anilines is 1. The van der Waals surface area contributed by atoms with Crippen molar-refractivity contribution in [3.05, 3.63) is 38.5 Å². The molecule has 1 saturated heterocycles. The standard InChI is InChI=1S/C21H24FN5O3S/c1-21(2,23)12-8-26(9-14(12)24-30-3)16-7-15-11(6-13(16)22)18(28)17-19(29)25-31-20(17)27(15)10-4-5-10/h6-7,10,12H,4-5,8-9,23H2,1-3H3,(H,25,29)/b24-14+. The highest BCUT2D eigenvalue weighted by Crippen LogP contribution is 2.41. The van der Waals surface area contributed by atoms with E-state index in [9.17, 15) is 9.59 Å². The number of halogens is 1. The van der Waals surface area contributed by atoms with E-state index in [1.54, 1.807) is 6.07 Å². The van der Waals surface area contributed by atoms with Crippen molar-refractivity contribution in [2.45, 2.75) is 38.3 Å². The SMILES string of the molecule is CO/N=C1\CN(c2cc3c(cc2F)c(=O)c2c(=O)[nH]sc2n3C2CC2)CC1C(C)(C)N. The number of nitrogens with one attached hydrogen (secondary N) is 1. The second-order valence-corrected chi connectivity index (χ2v) is 9.78. The largest absolute Gasteiger partial charge is 0.399 e. The molecule has 1 unspecified atom stereocenters. The van der Waals surface area contributed by atoms with Crippen molar-refractivity contribution >= 4 is 44.1 Å². The number of aromatic amines is 1. The van der Waals surface area contributed by atoms with Gasteiger partial charge in [0.25, 0.3) is 5.56 Å². The first-order valence-electron chi connectivity index (χ1n) is 10.2. The number of nitrogens with zero attached hydrogens (tertiary/aromatic N) is 3. The molecular formula is C21H24FN5O3S. The van der Waals surface area contributed by atoms with Crippen molar-refractivity contribution in [3.63, 3.8) is 0 Å². The molecule has 3 heterocycles. The van der Waals surface area contributed by atoms with Crippen LogP contribution in [0, 0.1) is 11.7 Å². The predicted octanol–water partition coefficient (Wildman–Crippen LogP) is 2.55. The van der Waals surface area contributed by atoms with Crippen molar-refractivity contribution in [2.24, 2.45) is 16.8 Å². The van der Waals surface area contributed by atoms with Gasteiger partial charge in [-0.2, -0.15) is 0 Å². The van der Waals surface area contributed by atoms with Crippen molar-refractivity contribution in [3.8, 4) is 0 Å². The van der Waals surface area contributed by atoms with Crippen LogP contribution < -0.4 is 21.6 Å². The van der Waals surface area contributed by atoms with Gasteiger partial charge < -0.3 is 20.0 Å². The average Bonchev–Trinajstić information content (AvgIpc) is 3.32. The lowest BCUT2D eigenvalue weighted by Gasteiger charge is -2.27. The van der Waals surface area contributed by atoms with E-state index in [4.69, 9.17) is 10.6 Å². The van der Waals surface area contributed by atoms with Crippen LogP contribution in [0.1, 0.15) is 32.7 Å². The topological polar surface area (TPSA) is 106 Å². The monoisotopic (exact) mass is 445 g/mol. The third-order valence-corrected chi connectivity index (χ3v) is 7.10. The van der Waals surface area contributed by atoms with Crippen LogP contribution in [0.3, 0.4) is 0 Å². The Balaban J connectivity index is 1.71. The summed E-state index contributed by atoms with van der Waals surface area (Å²) in [6.45, 7) is 4.70. The van der Waals surface area contributed by atoms with Crippen molar-refractivity contribution in [1.82, 2.24) is 8.94 Å². The highest BCUT2D eigenvalue weighted by molar-refractivity contribution is 7.12. The number of benzene rings is 1. The minimum absolute atomic E-state index is 0.106. The van der Waals surface area contributed by atoms with Gasteiger partial charge in [0.1, 0.15) is 23.1 Å². The second kappa shape index (κ2) is 6.89. The maximum absolute atomic E-state index is 15.3. The van der Waals surface area contributed by atoms with Crippen LogP contribution in [0.25, 0.3) is 21.1 Å². The summed E-state index contributed by atoms with van der Waals surface area (Å²) in [5.41, 5.74) is 6.74. The fourth-order valence-electron chi connectivity index (χ4n) is 4.53. The Bertz CT molecular complexity index is 1350. The molecule has 2 aliphatic rings. The van der Waals surface area contributed by atoms with Gasteiger partial charge in [0.2, 0.25) is 5.43 Å². The van der Waals surface area contributed by atoms with Crippen molar-refractivity contribution in [2.75, 3.05) is 25.1 Å². The molecule has 1 aliphatic carbocycles. The number of nitrogens with two attached hydrogens (primary N) is 1. The Morgan fingerprint density at radius 3 is 2.71 bits per heavy atom. The zero-order chi connectivity index (χ0) is 22.1. The van der Waals surface area contributed by atoms with E-state index < -0.39 is 22.3 Å². The zero-order valence-electron chi connectivity index (χ0n) is 17.6. The van der Waals surface area contributed by atoms with E-state index in [2.05, 4.69) is 9.53 Å². The summed E-state index contributed by atoms with van der Waals surface area (Å²) < 4.78 is 20.0. The predicted molar refractivity (Wildman–Crippen MR) is 121 cm³/mol. The molecule has 0 spiro atoms. The lowest BCUT2D eigenvalue weighted by Crippen LogP contribution is -2.45. The highest BCUT2D eigenvalue weighted by atomic mass is 32.1. The van der Waals surface area contributed by atoms with Gasteiger partial charge in [-0.05, 0) is 50.4 Å². The van der Waals surface area contributed by atoms with Gasteiger partial charge >= 0.3 is 0 Å². The summed E-state index contributed by atoms with van der Waals surface area (Å²) in [6.07, 6.45) is 1.92. The van der Waals surface area contributed by atoms with Crippen molar-refractivity contribution < 1.29 is 9.23 Å². The number of pyridine rings is 1. The normalized spacial score (nSPS) is 21.0. The number of hydrogen-bond acceptors (Lipinski definition) is 7. The molecule has 164 valence electrons. The first-order valence-corrected chi connectivity index (χ1v) is 11.0. The molecule has 1 aromatic carbocycles. The van der Waals surface area contributed by atoms with Crippen LogP contribution in [-0.2, 0) is 4.84 Å². The average molecular weight is 446 g/mol. The van der Waals surface area contributed by atoms with Gasteiger partial charge in [0, 0.05) is 29.4 Å².